The zero-order valence-corrected chi connectivity index (χ0v) is 11.0. The fourth-order valence-electron chi connectivity index (χ4n) is 2.36. The number of carboxylic acids is 1. The van der Waals surface area contributed by atoms with Crippen LogP contribution in [0.5, 0.6) is 0 Å². The van der Waals surface area contributed by atoms with Crippen LogP contribution in [-0.4, -0.2) is 48.3 Å². The van der Waals surface area contributed by atoms with Gasteiger partial charge >= 0.3 is 5.97 Å². The van der Waals surface area contributed by atoms with Crippen molar-refractivity contribution in [2.24, 2.45) is 5.92 Å². The lowest BCUT2D eigenvalue weighted by Gasteiger charge is -2.33. The fourth-order valence-corrected chi connectivity index (χ4v) is 2.36. The third-order valence-corrected chi connectivity index (χ3v) is 3.65. The molecule has 1 N–H and O–H groups in total. The van der Waals surface area contributed by atoms with Crippen LogP contribution >= 0.6 is 0 Å². The van der Waals surface area contributed by atoms with Crippen molar-refractivity contribution in [3.63, 3.8) is 0 Å². The molecule has 0 atom stereocenters. The van der Waals surface area contributed by atoms with Gasteiger partial charge in [-0.25, -0.2) is 4.79 Å². The molecule has 0 aromatic rings. The van der Waals surface area contributed by atoms with E-state index in [0.717, 1.165) is 31.8 Å². The zero-order valence-electron chi connectivity index (χ0n) is 11.0. The lowest BCUT2D eigenvalue weighted by Crippen LogP contribution is -2.40. The van der Waals surface area contributed by atoms with E-state index in [-0.39, 0.29) is 12.7 Å². The Hall–Kier alpha value is -0.610. The number of hydrogen-bond donors (Lipinski definition) is 1. The van der Waals surface area contributed by atoms with Crippen molar-refractivity contribution in [2.75, 3.05) is 26.2 Å². The molecule has 0 aliphatic carbocycles. The molecule has 1 saturated heterocycles. The minimum absolute atomic E-state index is 0.143. The number of ether oxygens (including phenoxy) is 1. The summed E-state index contributed by atoms with van der Waals surface area (Å²) in [5.41, 5.74) is 0. The van der Waals surface area contributed by atoms with Gasteiger partial charge < -0.3 is 14.7 Å². The van der Waals surface area contributed by atoms with Gasteiger partial charge in [-0.2, -0.15) is 0 Å². The Morgan fingerprint density at radius 1 is 1.35 bits per heavy atom. The van der Waals surface area contributed by atoms with Crippen LogP contribution in [0.25, 0.3) is 0 Å². The Bertz CT molecular complexity index is 221. The third-order valence-electron chi connectivity index (χ3n) is 3.65. The highest BCUT2D eigenvalue weighted by molar-refractivity contribution is 5.68. The molecule has 0 amide bonds. The summed E-state index contributed by atoms with van der Waals surface area (Å²) >= 11 is 0. The molecule has 1 fully saturated rings. The Labute approximate surface area is 104 Å². The molecule has 1 aliphatic rings. The maximum absolute atomic E-state index is 10.4. The number of nitrogens with zero attached hydrogens (tertiary/aromatic N) is 1. The van der Waals surface area contributed by atoms with E-state index in [9.17, 15) is 4.79 Å². The largest absolute Gasteiger partial charge is 0.480 e. The maximum Gasteiger partial charge on any atom is 0.329 e. The Kier molecular flexibility index (Phi) is 6.52. The van der Waals surface area contributed by atoms with E-state index < -0.39 is 5.97 Å². The summed E-state index contributed by atoms with van der Waals surface area (Å²) in [7, 11) is 0. The Morgan fingerprint density at radius 3 is 2.41 bits per heavy atom. The molecule has 100 valence electrons. The average molecular weight is 243 g/mol. The van der Waals surface area contributed by atoms with Gasteiger partial charge in [0.2, 0.25) is 0 Å². The summed E-state index contributed by atoms with van der Waals surface area (Å²) in [5.74, 6) is -0.0732. The summed E-state index contributed by atoms with van der Waals surface area (Å²) < 4.78 is 5.32. The minimum Gasteiger partial charge on any atom is -0.480 e. The third kappa shape index (κ3) is 5.50. The zero-order chi connectivity index (χ0) is 12.7. The molecule has 1 aliphatic heterocycles. The van der Waals surface area contributed by atoms with Crippen molar-refractivity contribution < 1.29 is 14.6 Å². The SMILES string of the molecule is CCC(CC)CN1CCC(OCC(=O)O)CC1. The second-order valence-electron chi connectivity index (χ2n) is 4.89. The fraction of sp³-hybridized carbons (Fsp3) is 0.923. The van der Waals surface area contributed by atoms with Crippen molar-refractivity contribution >= 4 is 5.97 Å². The number of carboxylic acid groups (broad SMARTS) is 1. The topological polar surface area (TPSA) is 49.8 Å². The molecule has 0 bridgehead atoms. The van der Waals surface area contributed by atoms with Crippen molar-refractivity contribution in [3.8, 4) is 0 Å². The van der Waals surface area contributed by atoms with Gasteiger partial charge in [0.1, 0.15) is 6.61 Å². The van der Waals surface area contributed by atoms with Gasteiger partial charge in [0, 0.05) is 19.6 Å². The van der Waals surface area contributed by atoms with Gasteiger partial charge in [-0.3, -0.25) is 0 Å². The first-order valence-corrected chi connectivity index (χ1v) is 6.71. The Morgan fingerprint density at radius 2 is 1.94 bits per heavy atom. The van der Waals surface area contributed by atoms with Crippen LogP contribution in [0.15, 0.2) is 0 Å². The second kappa shape index (κ2) is 7.67. The number of carbonyl (C=O) groups is 1. The van der Waals surface area contributed by atoms with Gasteiger partial charge in [0.25, 0.3) is 0 Å². The first kappa shape index (κ1) is 14.5. The maximum atomic E-state index is 10.4. The number of aliphatic carboxylic acids is 1. The van der Waals surface area contributed by atoms with Crippen LogP contribution < -0.4 is 0 Å². The number of hydrogen-bond acceptors (Lipinski definition) is 3. The molecule has 17 heavy (non-hydrogen) atoms. The molecule has 0 unspecified atom stereocenters. The van der Waals surface area contributed by atoms with Gasteiger partial charge in [-0.1, -0.05) is 26.7 Å². The first-order chi connectivity index (χ1) is 8.15. The lowest BCUT2D eigenvalue weighted by atomic mass is 10.0. The van der Waals surface area contributed by atoms with Gasteiger partial charge in [-0.15, -0.1) is 0 Å². The average Bonchev–Trinajstić information content (AvgIpc) is 2.34. The van der Waals surface area contributed by atoms with Crippen LogP contribution in [0.1, 0.15) is 39.5 Å². The lowest BCUT2D eigenvalue weighted by molar-refractivity contribution is -0.145. The number of likely N-dealkylation sites (tertiary alicyclic amines) is 1. The van der Waals surface area contributed by atoms with E-state index >= 15 is 0 Å². The Balaban J connectivity index is 2.19. The predicted octanol–water partition coefficient (Wildman–Crippen LogP) is 1.99. The molecular weight excluding hydrogens is 218 g/mol. The summed E-state index contributed by atoms with van der Waals surface area (Å²) in [4.78, 5) is 12.9. The molecular formula is C13H25NO3. The molecule has 4 heteroatoms. The smallest absolute Gasteiger partial charge is 0.329 e. The van der Waals surface area contributed by atoms with E-state index in [1.807, 2.05) is 0 Å². The van der Waals surface area contributed by atoms with E-state index in [1.54, 1.807) is 0 Å². The van der Waals surface area contributed by atoms with Crippen molar-refractivity contribution in [2.45, 2.75) is 45.6 Å². The monoisotopic (exact) mass is 243 g/mol. The number of rotatable bonds is 7. The van der Waals surface area contributed by atoms with Crippen molar-refractivity contribution in [3.05, 3.63) is 0 Å². The molecule has 0 aromatic heterocycles. The highest BCUT2D eigenvalue weighted by atomic mass is 16.5. The molecule has 0 radical (unpaired) electrons. The summed E-state index contributed by atoms with van der Waals surface area (Å²) in [6.07, 6.45) is 4.56. The highest BCUT2D eigenvalue weighted by Gasteiger charge is 2.21. The summed E-state index contributed by atoms with van der Waals surface area (Å²) in [5, 5.41) is 8.54. The quantitative estimate of drug-likeness (QED) is 0.743. The predicted molar refractivity (Wildman–Crippen MR) is 67.1 cm³/mol. The van der Waals surface area contributed by atoms with Gasteiger partial charge in [-0.05, 0) is 18.8 Å². The van der Waals surface area contributed by atoms with E-state index in [2.05, 4.69) is 18.7 Å². The van der Waals surface area contributed by atoms with Crippen LogP contribution in [0.3, 0.4) is 0 Å². The van der Waals surface area contributed by atoms with Crippen LogP contribution in [-0.2, 0) is 9.53 Å². The molecule has 0 aromatic carbocycles. The molecule has 1 rings (SSSR count). The first-order valence-electron chi connectivity index (χ1n) is 6.71. The molecule has 4 nitrogen and oxygen atoms in total. The van der Waals surface area contributed by atoms with Gasteiger partial charge in [0.05, 0.1) is 6.10 Å². The highest BCUT2D eigenvalue weighted by Crippen LogP contribution is 2.17. The van der Waals surface area contributed by atoms with E-state index in [1.165, 1.54) is 19.4 Å². The number of piperidine rings is 1. The van der Waals surface area contributed by atoms with Gasteiger partial charge in [0.15, 0.2) is 0 Å². The van der Waals surface area contributed by atoms with Crippen molar-refractivity contribution in [1.82, 2.24) is 4.90 Å². The van der Waals surface area contributed by atoms with Crippen molar-refractivity contribution in [1.29, 1.82) is 0 Å². The second-order valence-corrected chi connectivity index (χ2v) is 4.89. The van der Waals surface area contributed by atoms with Crippen LogP contribution in [0, 0.1) is 5.92 Å². The standard InChI is InChI=1S/C13H25NO3/c1-3-11(4-2)9-14-7-5-12(6-8-14)17-10-13(15)16/h11-12H,3-10H2,1-2H3,(H,15,16). The molecule has 1 heterocycles. The summed E-state index contributed by atoms with van der Waals surface area (Å²) in [6.45, 7) is 7.60. The van der Waals surface area contributed by atoms with E-state index in [4.69, 9.17) is 9.84 Å². The molecule has 0 spiro atoms. The van der Waals surface area contributed by atoms with E-state index in [0.29, 0.717) is 0 Å². The van der Waals surface area contributed by atoms with Crippen LogP contribution in [0.2, 0.25) is 0 Å². The normalized spacial score (nSPS) is 18.8. The summed E-state index contributed by atoms with van der Waals surface area (Å²) in [6, 6.07) is 0. The minimum atomic E-state index is -0.871. The molecule has 0 saturated carbocycles. The van der Waals surface area contributed by atoms with Crippen LogP contribution in [0.4, 0.5) is 0 Å².